The molecule has 0 spiro atoms. The number of amides is 2. The lowest BCUT2D eigenvalue weighted by Gasteiger charge is -2.27. The molecule has 1 aromatic rings. The zero-order valence-corrected chi connectivity index (χ0v) is 12.5. The maximum Gasteiger partial charge on any atom is 0.228 e. The smallest absolute Gasteiger partial charge is 0.228 e. The third kappa shape index (κ3) is 4.48. The third-order valence-electron chi connectivity index (χ3n) is 3.53. The molecule has 1 fully saturated rings. The van der Waals surface area contributed by atoms with Crippen LogP contribution in [-0.2, 0) is 9.59 Å². The molecule has 2 N–H and O–H groups in total. The first-order chi connectivity index (χ1) is 10.1. The molecule has 114 valence electrons. The Morgan fingerprint density at radius 3 is 2.67 bits per heavy atom. The van der Waals surface area contributed by atoms with Crippen molar-refractivity contribution in [3.8, 4) is 5.75 Å². The van der Waals surface area contributed by atoms with E-state index in [1.165, 1.54) is 0 Å². The number of carbonyl (C=O) groups is 2. The summed E-state index contributed by atoms with van der Waals surface area (Å²) in [5.74, 6) is 0.747. The second kappa shape index (κ2) is 7.11. The molecule has 0 aliphatic carbocycles. The number of rotatable bonds is 7. The number of β-lactam (4-membered cyclic amide) rings is 1. The summed E-state index contributed by atoms with van der Waals surface area (Å²) in [6, 6.07) is 7.19. The van der Waals surface area contributed by atoms with Crippen LogP contribution in [0.4, 0.5) is 5.69 Å². The highest BCUT2D eigenvalue weighted by molar-refractivity contribution is 5.92. The van der Waals surface area contributed by atoms with Crippen molar-refractivity contribution in [1.82, 2.24) is 5.32 Å². The number of unbranched alkanes of at least 4 members (excludes halogenated alkanes) is 1. The van der Waals surface area contributed by atoms with Crippen molar-refractivity contribution in [2.45, 2.75) is 45.8 Å². The topological polar surface area (TPSA) is 67.4 Å². The molecule has 2 atom stereocenters. The number of anilines is 1. The van der Waals surface area contributed by atoms with Gasteiger partial charge in [0.2, 0.25) is 11.8 Å². The van der Waals surface area contributed by atoms with E-state index in [2.05, 4.69) is 17.6 Å². The quantitative estimate of drug-likeness (QED) is 0.759. The second-order valence-corrected chi connectivity index (χ2v) is 5.44. The number of carbonyl (C=O) groups excluding carboxylic acids is 2. The van der Waals surface area contributed by atoms with Crippen molar-refractivity contribution in [1.29, 1.82) is 0 Å². The van der Waals surface area contributed by atoms with E-state index in [1.807, 2.05) is 6.92 Å². The molecule has 1 aliphatic rings. The van der Waals surface area contributed by atoms with E-state index < -0.39 is 0 Å². The van der Waals surface area contributed by atoms with Gasteiger partial charge < -0.3 is 15.4 Å². The number of nitrogens with one attached hydrogen (secondary N) is 2. The van der Waals surface area contributed by atoms with Gasteiger partial charge in [-0.15, -0.1) is 0 Å². The van der Waals surface area contributed by atoms with E-state index in [9.17, 15) is 9.59 Å². The molecule has 1 saturated heterocycles. The summed E-state index contributed by atoms with van der Waals surface area (Å²) >= 11 is 0. The molecule has 0 unspecified atom stereocenters. The molecule has 1 aromatic carbocycles. The number of hydrogen-bond acceptors (Lipinski definition) is 3. The molecule has 5 heteroatoms. The van der Waals surface area contributed by atoms with E-state index >= 15 is 0 Å². The lowest BCUT2D eigenvalue weighted by atomic mass is 10.0. The van der Waals surface area contributed by atoms with E-state index in [0.717, 1.165) is 24.9 Å². The monoisotopic (exact) mass is 290 g/mol. The largest absolute Gasteiger partial charge is 0.470 e. The summed E-state index contributed by atoms with van der Waals surface area (Å²) in [4.78, 5) is 22.8. The van der Waals surface area contributed by atoms with E-state index in [4.69, 9.17) is 4.74 Å². The Balaban J connectivity index is 1.81. The second-order valence-electron chi connectivity index (χ2n) is 5.44. The average Bonchev–Trinajstić information content (AvgIpc) is 2.45. The van der Waals surface area contributed by atoms with Gasteiger partial charge in [-0.25, -0.2) is 0 Å². The van der Waals surface area contributed by atoms with Crippen LogP contribution in [0.2, 0.25) is 0 Å². The molecular weight excluding hydrogens is 268 g/mol. The summed E-state index contributed by atoms with van der Waals surface area (Å²) in [5, 5.41) is 5.54. The van der Waals surface area contributed by atoms with Crippen molar-refractivity contribution in [3.63, 3.8) is 0 Å². The molecule has 0 radical (unpaired) electrons. The highest BCUT2D eigenvalue weighted by atomic mass is 16.5. The predicted octanol–water partition coefficient (Wildman–Crippen LogP) is 2.68. The zero-order chi connectivity index (χ0) is 15.2. The molecule has 0 aromatic heterocycles. The molecule has 5 nitrogen and oxygen atoms in total. The van der Waals surface area contributed by atoms with E-state index in [0.29, 0.717) is 12.2 Å². The number of ether oxygens (including phenoxy) is 1. The van der Waals surface area contributed by atoms with Crippen molar-refractivity contribution in [3.05, 3.63) is 24.3 Å². The van der Waals surface area contributed by atoms with Crippen LogP contribution in [0.15, 0.2) is 24.3 Å². The van der Waals surface area contributed by atoms with Gasteiger partial charge in [0, 0.05) is 11.6 Å². The minimum atomic E-state index is -0.230. The Morgan fingerprint density at radius 1 is 1.43 bits per heavy atom. The van der Waals surface area contributed by atoms with Gasteiger partial charge in [0.15, 0.2) is 6.23 Å². The van der Waals surface area contributed by atoms with Crippen LogP contribution in [0, 0.1) is 5.92 Å². The van der Waals surface area contributed by atoms with Crippen LogP contribution in [0.5, 0.6) is 5.75 Å². The van der Waals surface area contributed by atoms with Gasteiger partial charge in [-0.3, -0.25) is 9.59 Å². The Bertz CT molecular complexity index is 491. The standard InChI is InChI=1S/C16H22N2O3/c1-3-4-5-11(2)16(20)17-12-6-8-13(9-7-12)21-15-10-14(19)18-15/h6-9,11,15H,3-5,10H2,1-2H3,(H,17,20)(H,18,19)/t11-,15-/m1/s1. The summed E-state index contributed by atoms with van der Waals surface area (Å²) in [6.07, 6.45) is 3.24. The predicted molar refractivity (Wildman–Crippen MR) is 80.9 cm³/mol. The Labute approximate surface area is 125 Å². The fourth-order valence-corrected chi connectivity index (χ4v) is 2.09. The molecule has 1 heterocycles. The van der Waals surface area contributed by atoms with Crippen molar-refractivity contribution in [2.24, 2.45) is 5.92 Å². The molecule has 1 aliphatic heterocycles. The first-order valence-corrected chi connectivity index (χ1v) is 7.45. The SMILES string of the molecule is CCCC[C@@H](C)C(=O)Nc1ccc(O[C@@H]2CC(=O)N2)cc1. The minimum Gasteiger partial charge on any atom is -0.470 e. The first-order valence-electron chi connectivity index (χ1n) is 7.45. The van der Waals surface area contributed by atoms with Crippen molar-refractivity contribution in [2.75, 3.05) is 5.32 Å². The van der Waals surface area contributed by atoms with Gasteiger partial charge in [-0.2, -0.15) is 0 Å². The summed E-state index contributed by atoms with van der Waals surface area (Å²) in [6.45, 7) is 4.07. The maximum atomic E-state index is 12.0. The summed E-state index contributed by atoms with van der Waals surface area (Å²) in [5.41, 5.74) is 0.758. The fourth-order valence-electron chi connectivity index (χ4n) is 2.09. The van der Waals surface area contributed by atoms with Crippen LogP contribution in [-0.4, -0.2) is 18.0 Å². The zero-order valence-electron chi connectivity index (χ0n) is 12.5. The van der Waals surface area contributed by atoms with E-state index in [-0.39, 0.29) is 24.0 Å². The Morgan fingerprint density at radius 2 is 2.10 bits per heavy atom. The third-order valence-corrected chi connectivity index (χ3v) is 3.53. The first kappa shape index (κ1) is 15.4. The van der Waals surface area contributed by atoms with Crippen LogP contribution in [0.1, 0.15) is 39.5 Å². The molecular formula is C16H22N2O3. The Hall–Kier alpha value is -2.04. The molecule has 0 saturated carbocycles. The molecule has 2 amide bonds. The van der Waals surface area contributed by atoms with Crippen LogP contribution in [0.25, 0.3) is 0 Å². The normalized spacial score (nSPS) is 18.4. The van der Waals surface area contributed by atoms with Gasteiger partial charge >= 0.3 is 0 Å². The van der Waals surface area contributed by atoms with Crippen molar-refractivity contribution < 1.29 is 14.3 Å². The van der Waals surface area contributed by atoms with Crippen LogP contribution in [0.3, 0.4) is 0 Å². The maximum absolute atomic E-state index is 12.0. The highest BCUT2D eigenvalue weighted by Crippen LogP contribution is 2.20. The van der Waals surface area contributed by atoms with Gasteiger partial charge in [0.1, 0.15) is 5.75 Å². The number of hydrogen-bond donors (Lipinski definition) is 2. The molecule has 21 heavy (non-hydrogen) atoms. The van der Waals surface area contributed by atoms with E-state index in [1.54, 1.807) is 24.3 Å². The number of benzene rings is 1. The van der Waals surface area contributed by atoms with Crippen molar-refractivity contribution >= 4 is 17.5 Å². The Kier molecular flexibility index (Phi) is 5.20. The van der Waals surface area contributed by atoms with Gasteiger partial charge in [0.25, 0.3) is 0 Å². The van der Waals surface area contributed by atoms with Gasteiger partial charge in [0.05, 0.1) is 6.42 Å². The highest BCUT2D eigenvalue weighted by Gasteiger charge is 2.26. The average molecular weight is 290 g/mol. The van der Waals surface area contributed by atoms with Crippen LogP contribution < -0.4 is 15.4 Å². The van der Waals surface area contributed by atoms with Crippen LogP contribution >= 0.6 is 0 Å². The van der Waals surface area contributed by atoms with Gasteiger partial charge in [-0.05, 0) is 30.7 Å². The summed E-state index contributed by atoms with van der Waals surface area (Å²) in [7, 11) is 0. The summed E-state index contributed by atoms with van der Waals surface area (Å²) < 4.78 is 5.54. The lowest BCUT2D eigenvalue weighted by molar-refractivity contribution is -0.134. The minimum absolute atomic E-state index is 0.00458. The molecule has 2 rings (SSSR count). The fraction of sp³-hybridized carbons (Fsp3) is 0.500. The van der Waals surface area contributed by atoms with Gasteiger partial charge in [-0.1, -0.05) is 26.7 Å². The lowest BCUT2D eigenvalue weighted by Crippen LogP contribution is -2.51. The molecule has 0 bridgehead atoms.